The number of anilines is 1. The van der Waals surface area contributed by atoms with E-state index in [1.54, 1.807) is 24.3 Å². The zero-order chi connectivity index (χ0) is 22.7. The van der Waals surface area contributed by atoms with Crippen LogP contribution in [0.2, 0.25) is 0 Å². The Hall–Kier alpha value is -3.93. The van der Waals surface area contributed by atoms with Gasteiger partial charge in [0.2, 0.25) is 5.88 Å². The molecule has 32 heavy (non-hydrogen) atoms. The first-order valence-corrected chi connectivity index (χ1v) is 10.5. The Bertz CT molecular complexity index is 1350. The number of hydrogen-bond donors (Lipinski definition) is 1. The number of methoxy groups -OCH3 is 1. The SMILES string of the molecule is COc1ccccc1S(=O)(=O)Nc1noc2cc(Oc3ccccn3)cc(OC(F)F)c12. The van der Waals surface area contributed by atoms with E-state index in [4.69, 9.17) is 14.0 Å². The molecule has 2 aromatic carbocycles. The maximum atomic E-state index is 13.1. The number of pyridine rings is 1. The minimum Gasteiger partial charge on any atom is -0.495 e. The summed E-state index contributed by atoms with van der Waals surface area (Å²) in [5, 5.41) is 3.56. The first-order valence-electron chi connectivity index (χ1n) is 9.00. The van der Waals surface area contributed by atoms with Crippen molar-refractivity contribution in [3.8, 4) is 23.1 Å². The van der Waals surface area contributed by atoms with E-state index in [-0.39, 0.29) is 39.1 Å². The summed E-state index contributed by atoms with van der Waals surface area (Å²) in [4.78, 5) is 3.81. The van der Waals surface area contributed by atoms with E-state index in [0.717, 1.165) is 6.07 Å². The van der Waals surface area contributed by atoms with E-state index in [9.17, 15) is 17.2 Å². The van der Waals surface area contributed by atoms with Crippen LogP contribution in [0.4, 0.5) is 14.6 Å². The van der Waals surface area contributed by atoms with E-state index in [1.807, 2.05) is 0 Å². The van der Waals surface area contributed by atoms with Gasteiger partial charge in [0.15, 0.2) is 11.4 Å². The van der Waals surface area contributed by atoms with Gasteiger partial charge in [0.25, 0.3) is 10.0 Å². The lowest BCUT2D eigenvalue weighted by Gasteiger charge is -2.11. The van der Waals surface area contributed by atoms with Gasteiger partial charge in [0, 0.05) is 24.4 Å². The van der Waals surface area contributed by atoms with Crippen molar-refractivity contribution in [2.75, 3.05) is 11.8 Å². The Morgan fingerprint density at radius 3 is 2.56 bits per heavy atom. The van der Waals surface area contributed by atoms with Gasteiger partial charge < -0.3 is 18.7 Å². The number of alkyl halides is 2. The molecule has 0 spiro atoms. The van der Waals surface area contributed by atoms with E-state index >= 15 is 0 Å². The minimum absolute atomic E-state index is 0.0493. The number of fused-ring (bicyclic) bond motifs is 1. The van der Waals surface area contributed by atoms with Crippen LogP contribution < -0.4 is 18.9 Å². The lowest BCUT2D eigenvalue weighted by atomic mass is 10.2. The first kappa shape index (κ1) is 21.3. The number of nitrogens with zero attached hydrogens (tertiary/aromatic N) is 2. The van der Waals surface area contributed by atoms with Crippen molar-refractivity contribution in [3.05, 3.63) is 60.8 Å². The molecular formula is C20H15F2N3O6S. The number of ether oxygens (including phenoxy) is 3. The number of nitrogens with one attached hydrogen (secondary N) is 1. The highest BCUT2D eigenvalue weighted by Crippen LogP contribution is 2.39. The standard InChI is InChI=1S/C20H15F2N3O6S/c1-28-13-6-2-3-7-16(13)32(26,27)25-19-18-14(30-20(21)22)10-12(11-15(18)31-24-19)29-17-8-4-5-9-23-17/h2-11,20H,1H3,(H,24,25). The first-order chi connectivity index (χ1) is 15.4. The van der Waals surface area contributed by atoms with E-state index in [0.29, 0.717) is 0 Å². The van der Waals surface area contributed by atoms with Crippen molar-refractivity contribution in [1.29, 1.82) is 0 Å². The molecular weight excluding hydrogens is 448 g/mol. The van der Waals surface area contributed by atoms with Crippen molar-refractivity contribution >= 4 is 26.8 Å². The Morgan fingerprint density at radius 1 is 1.06 bits per heavy atom. The van der Waals surface area contributed by atoms with Gasteiger partial charge in [-0.25, -0.2) is 13.4 Å². The fourth-order valence-electron chi connectivity index (χ4n) is 2.88. The number of rotatable bonds is 8. The van der Waals surface area contributed by atoms with Gasteiger partial charge in [-0.1, -0.05) is 23.4 Å². The summed E-state index contributed by atoms with van der Waals surface area (Å²) in [6.45, 7) is -3.20. The zero-order valence-electron chi connectivity index (χ0n) is 16.4. The quantitative estimate of drug-likeness (QED) is 0.409. The number of para-hydroxylation sites is 1. The molecule has 0 bridgehead atoms. The molecule has 2 aromatic heterocycles. The van der Waals surface area contributed by atoms with Crippen LogP contribution in [0.15, 0.2) is 70.2 Å². The topological polar surface area (TPSA) is 113 Å². The van der Waals surface area contributed by atoms with Crippen LogP contribution >= 0.6 is 0 Å². The monoisotopic (exact) mass is 463 g/mol. The fourth-order valence-corrected chi connectivity index (χ4v) is 4.06. The predicted octanol–water partition coefficient (Wildman–Crippen LogP) is 4.43. The Balaban J connectivity index is 1.76. The van der Waals surface area contributed by atoms with E-state index in [2.05, 4.69) is 19.6 Å². The van der Waals surface area contributed by atoms with Crippen LogP contribution in [0.25, 0.3) is 11.0 Å². The van der Waals surface area contributed by atoms with Crippen LogP contribution in [0.1, 0.15) is 0 Å². The lowest BCUT2D eigenvalue weighted by Crippen LogP contribution is -2.14. The smallest absolute Gasteiger partial charge is 0.387 e. The summed E-state index contributed by atoms with van der Waals surface area (Å²) in [5.74, 6) is -0.384. The van der Waals surface area contributed by atoms with Crippen molar-refractivity contribution in [2.24, 2.45) is 0 Å². The number of halogens is 2. The second-order valence-electron chi connectivity index (χ2n) is 6.23. The molecule has 0 saturated carbocycles. The Labute approximate surface area is 180 Å². The third kappa shape index (κ3) is 4.39. The minimum atomic E-state index is -4.20. The summed E-state index contributed by atoms with van der Waals surface area (Å²) in [7, 11) is -2.89. The molecule has 4 rings (SSSR count). The summed E-state index contributed by atoms with van der Waals surface area (Å²) >= 11 is 0. The zero-order valence-corrected chi connectivity index (χ0v) is 17.2. The summed E-state index contributed by atoms with van der Waals surface area (Å²) < 4.78 is 74.4. The molecule has 12 heteroatoms. The van der Waals surface area contributed by atoms with Crippen LogP contribution in [-0.2, 0) is 10.0 Å². The van der Waals surface area contributed by atoms with Gasteiger partial charge >= 0.3 is 6.61 Å². The van der Waals surface area contributed by atoms with Crippen molar-refractivity contribution in [3.63, 3.8) is 0 Å². The van der Waals surface area contributed by atoms with Gasteiger partial charge in [0.05, 0.1) is 7.11 Å². The number of benzene rings is 2. The molecule has 0 atom stereocenters. The van der Waals surface area contributed by atoms with E-state index < -0.39 is 22.4 Å². The van der Waals surface area contributed by atoms with Crippen molar-refractivity contribution < 1.29 is 35.9 Å². The fraction of sp³-hybridized carbons (Fsp3) is 0.100. The third-order valence-corrected chi connectivity index (χ3v) is 5.56. The van der Waals surface area contributed by atoms with Gasteiger partial charge in [0.1, 0.15) is 27.5 Å². The average molecular weight is 463 g/mol. The summed E-state index contributed by atoms with van der Waals surface area (Å²) in [6.07, 6.45) is 1.49. The molecule has 1 N–H and O–H groups in total. The predicted molar refractivity (Wildman–Crippen MR) is 109 cm³/mol. The summed E-state index contributed by atoms with van der Waals surface area (Å²) in [5.41, 5.74) is -0.0493. The largest absolute Gasteiger partial charge is 0.495 e. The molecule has 0 aliphatic rings. The molecule has 0 fully saturated rings. The Morgan fingerprint density at radius 2 is 1.84 bits per heavy atom. The van der Waals surface area contributed by atoms with Gasteiger partial charge in [-0.3, -0.25) is 4.72 Å². The highest BCUT2D eigenvalue weighted by Gasteiger charge is 2.25. The maximum Gasteiger partial charge on any atom is 0.387 e. The van der Waals surface area contributed by atoms with Crippen LogP contribution in [-0.4, -0.2) is 32.3 Å². The molecule has 2 heterocycles. The molecule has 4 aromatic rings. The normalized spacial score (nSPS) is 11.5. The molecule has 166 valence electrons. The van der Waals surface area contributed by atoms with E-state index in [1.165, 1.54) is 37.6 Å². The highest BCUT2D eigenvalue weighted by molar-refractivity contribution is 7.92. The second-order valence-corrected chi connectivity index (χ2v) is 7.88. The van der Waals surface area contributed by atoms with Crippen molar-refractivity contribution in [1.82, 2.24) is 10.1 Å². The van der Waals surface area contributed by atoms with Crippen LogP contribution in [0.5, 0.6) is 23.1 Å². The third-order valence-electron chi connectivity index (χ3n) is 4.18. The summed E-state index contributed by atoms with van der Waals surface area (Å²) in [6, 6.07) is 13.3. The number of hydrogen-bond acceptors (Lipinski definition) is 8. The number of sulfonamides is 1. The maximum absolute atomic E-state index is 13.1. The second kappa shape index (κ2) is 8.67. The molecule has 0 radical (unpaired) electrons. The lowest BCUT2D eigenvalue weighted by molar-refractivity contribution is -0.0488. The van der Waals surface area contributed by atoms with Gasteiger partial charge in [-0.15, -0.1) is 0 Å². The van der Waals surface area contributed by atoms with Crippen LogP contribution in [0, 0.1) is 0 Å². The molecule has 0 amide bonds. The van der Waals surface area contributed by atoms with Crippen molar-refractivity contribution in [2.45, 2.75) is 11.5 Å². The van der Waals surface area contributed by atoms with Crippen LogP contribution in [0.3, 0.4) is 0 Å². The molecule has 0 aliphatic heterocycles. The molecule has 9 nitrogen and oxygen atoms in total. The Kier molecular flexibility index (Phi) is 5.77. The highest BCUT2D eigenvalue weighted by atomic mass is 32.2. The van der Waals surface area contributed by atoms with Gasteiger partial charge in [-0.2, -0.15) is 8.78 Å². The molecule has 0 aliphatic carbocycles. The van der Waals surface area contributed by atoms with Gasteiger partial charge in [-0.05, 0) is 18.2 Å². The average Bonchev–Trinajstić information content (AvgIpc) is 3.16. The molecule has 0 unspecified atom stereocenters. The molecule has 0 saturated heterocycles. The number of aromatic nitrogens is 2.